The second-order valence-electron chi connectivity index (χ2n) is 5.91. The molecule has 0 aliphatic carbocycles. The molecule has 6 nitrogen and oxygen atoms in total. The minimum absolute atomic E-state index is 0.225. The molecule has 0 aliphatic heterocycles. The smallest absolute Gasteiger partial charge is 0.223 e. The number of guanidine groups is 1. The summed E-state index contributed by atoms with van der Waals surface area (Å²) in [4.78, 5) is 8.46. The van der Waals surface area contributed by atoms with Crippen molar-refractivity contribution in [2.45, 2.75) is 19.4 Å². The van der Waals surface area contributed by atoms with Gasteiger partial charge in [0.1, 0.15) is 0 Å². The molecule has 6 heteroatoms. The highest BCUT2D eigenvalue weighted by Crippen LogP contribution is 2.23. The van der Waals surface area contributed by atoms with Crippen LogP contribution in [0.1, 0.15) is 28.8 Å². The molecular weight excluding hydrogens is 326 g/mol. The van der Waals surface area contributed by atoms with Gasteiger partial charge in [0.2, 0.25) is 5.89 Å². The molecule has 2 N–H and O–H groups in total. The van der Waals surface area contributed by atoms with Crippen LogP contribution in [0.2, 0.25) is 0 Å². The standard InChI is InChI=1S/C20H23N5O/c1-15-24-19(25-26-15)14-23-20(21-2)22-13-18(16-9-5-3-6-10-16)17-11-7-4-8-12-17/h3-12,18H,13-14H2,1-2H3,(H2,21,22,23). The molecule has 0 atom stereocenters. The van der Waals surface area contributed by atoms with E-state index >= 15 is 0 Å². The Morgan fingerprint density at radius 2 is 1.62 bits per heavy atom. The van der Waals surface area contributed by atoms with Gasteiger partial charge in [0, 0.05) is 26.4 Å². The summed E-state index contributed by atoms with van der Waals surface area (Å²) in [5.41, 5.74) is 2.52. The zero-order valence-corrected chi connectivity index (χ0v) is 15.0. The molecule has 0 spiro atoms. The van der Waals surface area contributed by atoms with Crippen molar-refractivity contribution < 1.29 is 4.52 Å². The topological polar surface area (TPSA) is 75.3 Å². The first-order valence-electron chi connectivity index (χ1n) is 8.60. The fraction of sp³-hybridized carbons (Fsp3) is 0.250. The highest BCUT2D eigenvalue weighted by atomic mass is 16.5. The number of aliphatic imine (C=N–C) groups is 1. The van der Waals surface area contributed by atoms with Gasteiger partial charge < -0.3 is 15.2 Å². The van der Waals surface area contributed by atoms with Crippen molar-refractivity contribution in [2.75, 3.05) is 13.6 Å². The third-order valence-electron chi connectivity index (χ3n) is 4.08. The van der Waals surface area contributed by atoms with Crippen LogP contribution >= 0.6 is 0 Å². The van der Waals surface area contributed by atoms with Gasteiger partial charge in [-0.15, -0.1) is 0 Å². The number of hydrogen-bond donors (Lipinski definition) is 2. The summed E-state index contributed by atoms with van der Waals surface area (Å²) in [6.07, 6.45) is 0. The Kier molecular flexibility index (Phi) is 5.98. The molecule has 0 radical (unpaired) electrons. The van der Waals surface area contributed by atoms with Gasteiger partial charge in [0.25, 0.3) is 0 Å². The van der Waals surface area contributed by atoms with E-state index in [0.717, 1.165) is 6.54 Å². The fourth-order valence-corrected chi connectivity index (χ4v) is 2.79. The Hall–Kier alpha value is -3.15. The normalized spacial score (nSPS) is 11.6. The Morgan fingerprint density at radius 3 is 2.12 bits per heavy atom. The molecule has 3 rings (SSSR count). The van der Waals surface area contributed by atoms with Crippen LogP contribution in [-0.2, 0) is 6.54 Å². The van der Waals surface area contributed by atoms with Gasteiger partial charge in [0.15, 0.2) is 11.8 Å². The largest absolute Gasteiger partial charge is 0.355 e. The molecule has 0 unspecified atom stereocenters. The molecule has 1 aromatic heterocycles. The molecule has 26 heavy (non-hydrogen) atoms. The maximum Gasteiger partial charge on any atom is 0.223 e. The van der Waals surface area contributed by atoms with Crippen molar-refractivity contribution in [3.8, 4) is 0 Å². The third-order valence-corrected chi connectivity index (χ3v) is 4.08. The monoisotopic (exact) mass is 349 g/mol. The van der Waals surface area contributed by atoms with Gasteiger partial charge in [-0.3, -0.25) is 4.99 Å². The predicted molar refractivity (Wildman–Crippen MR) is 102 cm³/mol. The number of aromatic nitrogens is 2. The summed E-state index contributed by atoms with van der Waals surface area (Å²) in [5, 5.41) is 10.5. The van der Waals surface area contributed by atoms with Crippen LogP contribution in [0, 0.1) is 6.92 Å². The molecule has 134 valence electrons. The third kappa shape index (κ3) is 4.69. The number of rotatable bonds is 6. The van der Waals surface area contributed by atoms with Gasteiger partial charge in [-0.05, 0) is 11.1 Å². The fourth-order valence-electron chi connectivity index (χ4n) is 2.79. The number of aryl methyl sites for hydroxylation is 1. The van der Waals surface area contributed by atoms with E-state index in [1.807, 2.05) is 12.1 Å². The maximum atomic E-state index is 4.98. The number of hydrogen-bond acceptors (Lipinski definition) is 4. The van der Waals surface area contributed by atoms with E-state index in [2.05, 4.69) is 74.3 Å². The quantitative estimate of drug-likeness (QED) is 0.529. The molecule has 0 saturated carbocycles. The van der Waals surface area contributed by atoms with Gasteiger partial charge >= 0.3 is 0 Å². The number of nitrogens with zero attached hydrogens (tertiary/aromatic N) is 3. The lowest BCUT2D eigenvalue weighted by molar-refractivity contribution is 0.387. The first-order chi connectivity index (χ1) is 12.8. The van der Waals surface area contributed by atoms with Crippen LogP contribution < -0.4 is 10.6 Å². The summed E-state index contributed by atoms with van der Waals surface area (Å²) in [6, 6.07) is 20.9. The molecule has 2 aromatic carbocycles. The summed E-state index contributed by atoms with van der Waals surface area (Å²) in [6.45, 7) is 2.95. The van der Waals surface area contributed by atoms with Crippen LogP contribution in [0.15, 0.2) is 70.2 Å². The number of nitrogens with one attached hydrogen (secondary N) is 2. The van der Waals surface area contributed by atoms with Gasteiger partial charge in [0.05, 0.1) is 6.54 Å². The van der Waals surface area contributed by atoms with Crippen LogP contribution in [-0.4, -0.2) is 29.7 Å². The van der Waals surface area contributed by atoms with E-state index in [4.69, 9.17) is 4.52 Å². The van der Waals surface area contributed by atoms with Gasteiger partial charge in [-0.25, -0.2) is 0 Å². The molecule has 0 amide bonds. The second kappa shape index (κ2) is 8.80. The van der Waals surface area contributed by atoms with E-state index < -0.39 is 0 Å². The molecule has 0 saturated heterocycles. The molecular formula is C20H23N5O. The molecule has 0 bridgehead atoms. The number of benzene rings is 2. The Bertz CT molecular complexity index is 790. The lowest BCUT2D eigenvalue weighted by Crippen LogP contribution is -2.39. The summed E-state index contributed by atoms with van der Waals surface area (Å²) in [7, 11) is 1.75. The molecule has 1 heterocycles. The first kappa shape index (κ1) is 17.7. The van der Waals surface area contributed by atoms with Gasteiger partial charge in [-0.1, -0.05) is 65.8 Å². The van der Waals surface area contributed by atoms with Crippen LogP contribution in [0.3, 0.4) is 0 Å². The van der Waals surface area contributed by atoms with E-state index in [0.29, 0.717) is 24.2 Å². The molecule has 3 aromatic rings. The van der Waals surface area contributed by atoms with E-state index in [9.17, 15) is 0 Å². The Balaban J connectivity index is 1.66. The predicted octanol–water partition coefficient (Wildman–Crippen LogP) is 2.88. The summed E-state index contributed by atoms with van der Waals surface area (Å²) < 4.78 is 4.98. The average molecular weight is 349 g/mol. The lowest BCUT2D eigenvalue weighted by atomic mass is 9.91. The van der Waals surface area contributed by atoms with Crippen molar-refractivity contribution >= 4 is 5.96 Å². The Labute approximate surface area is 153 Å². The van der Waals surface area contributed by atoms with Crippen LogP contribution in [0.4, 0.5) is 0 Å². The highest BCUT2D eigenvalue weighted by molar-refractivity contribution is 5.79. The minimum atomic E-state index is 0.225. The van der Waals surface area contributed by atoms with Crippen molar-refractivity contribution in [2.24, 2.45) is 4.99 Å². The summed E-state index contributed by atoms with van der Waals surface area (Å²) in [5.74, 6) is 2.08. The van der Waals surface area contributed by atoms with Crippen LogP contribution in [0.5, 0.6) is 0 Å². The van der Waals surface area contributed by atoms with Gasteiger partial charge in [-0.2, -0.15) is 4.98 Å². The summed E-state index contributed by atoms with van der Waals surface area (Å²) >= 11 is 0. The van der Waals surface area contributed by atoms with E-state index in [1.165, 1.54) is 11.1 Å². The zero-order chi connectivity index (χ0) is 18.2. The average Bonchev–Trinajstić information content (AvgIpc) is 3.11. The highest BCUT2D eigenvalue weighted by Gasteiger charge is 2.14. The first-order valence-corrected chi connectivity index (χ1v) is 8.60. The lowest BCUT2D eigenvalue weighted by Gasteiger charge is -2.20. The maximum absolute atomic E-state index is 4.98. The van der Waals surface area contributed by atoms with Crippen molar-refractivity contribution in [3.63, 3.8) is 0 Å². The second-order valence-corrected chi connectivity index (χ2v) is 5.91. The van der Waals surface area contributed by atoms with E-state index in [1.54, 1.807) is 14.0 Å². The van der Waals surface area contributed by atoms with Crippen molar-refractivity contribution in [1.29, 1.82) is 0 Å². The zero-order valence-electron chi connectivity index (χ0n) is 15.0. The van der Waals surface area contributed by atoms with E-state index in [-0.39, 0.29) is 5.92 Å². The SMILES string of the molecule is CN=C(NCc1noc(C)n1)NCC(c1ccccc1)c1ccccc1. The Morgan fingerprint density at radius 1 is 1.00 bits per heavy atom. The van der Waals surface area contributed by atoms with Crippen molar-refractivity contribution in [3.05, 3.63) is 83.5 Å². The van der Waals surface area contributed by atoms with Crippen molar-refractivity contribution in [1.82, 2.24) is 20.8 Å². The molecule has 0 fully saturated rings. The molecule has 0 aliphatic rings. The minimum Gasteiger partial charge on any atom is -0.355 e. The van der Waals surface area contributed by atoms with Crippen LogP contribution in [0.25, 0.3) is 0 Å².